The Morgan fingerprint density at radius 3 is 2.29 bits per heavy atom. The molecule has 3 rings (SSSR count). The number of imide groups is 2. The molecule has 7 nitrogen and oxygen atoms in total. The van der Waals surface area contributed by atoms with Crippen LogP contribution in [0.5, 0.6) is 11.5 Å². The fraction of sp³-hybridized carbons (Fsp3) is 0.105. The quantitative estimate of drug-likeness (QED) is 0.625. The van der Waals surface area contributed by atoms with Crippen LogP contribution in [0, 0.1) is 5.82 Å². The molecule has 1 fully saturated rings. The second kappa shape index (κ2) is 7.69. The van der Waals surface area contributed by atoms with Crippen LogP contribution in [0.4, 0.5) is 14.9 Å². The third-order valence-corrected chi connectivity index (χ3v) is 4.27. The zero-order valence-corrected chi connectivity index (χ0v) is 15.5. The molecular weight excluding hydrogens is 391 g/mol. The van der Waals surface area contributed by atoms with Crippen molar-refractivity contribution in [2.45, 2.75) is 0 Å². The van der Waals surface area contributed by atoms with Crippen LogP contribution in [-0.4, -0.2) is 32.1 Å². The first-order valence-electron chi connectivity index (χ1n) is 7.94. The number of rotatable bonds is 4. The molecule has 1 N–H and O–H groups in total. The van der Waals surface area contributed by atoms with E-state index in [1.807, 2.05) is 0 Å². The summed E-state index contributed by atoms with van der Waals surface area (Å²) < 4.78 is 23.4. The van der Waals surface area contributed by atoms with Crippen molar-refractivity contribution in [3.63, 3.8) is 0 Å². The highest BCUT2D eigenvalue weighted by Crippen LogP contribution is 2.39. The predicted molar refractivity (Wildman–Crippen MR) is 100.0 cm³/mol. The number of halogens is 2. The number of hydrogen-bond donors (Lipinski definition) is 1. The molecule has 2 aromatic carbocycles. The van der Waals surface area contributed by atoms with Gasteiger partial charge >= 0.3 is 6.03 Å². The van der Waals surface area contributed by atoms with Gasteiger partial charge in [0.15, 0.2) is 0 Å². The van der Waals surface area contributed by atoms with E-state index in [-0.39, 0.29) is 27.8 Å². The molecule has 1 aliphatic rings. The summed E-state index contributed by atoms with van der Waals surface area (Å²) in [5.74, 6) is -1.86. The molecule has 1 aliphatic heterocycles. The lowest BCUT2D eigenvalue weighted by atomic mass is 10.1. The Balaban J connectivity index is 2.09. The maximum absolute atomic E-state index is 13.1. The van der Waals surface area contributed by atoms with Crippen molar-refractivity contribution in [3.05, 3.63) is 58.4 Å². The van der Waals surface area contributed by atoms with Crippen LogP contribution in [0.25, 0.3) is 6.08 Å². The van der Waals surface area contributed by atoms with E-state index in [0.29, 0.717) is 5.56 Å². The summed E-state index contributed by atoms with van der Waals surface area (Å²) in [6.07, 6.45) is 1.26. The highest BCUT2D eigenvalue weighted by molar-refractivity contribution is 6.39. The average Bonchev–Trinajstić information content (AvgIpc) is 2.67. The Bertz CT molecular complexity index is 1000. The lowest BCUT2D eigenvalue weighted by Gasteiger charge is -2.28. The Labute approximate surface area is 164 Å². The minimum Gasteiger partial charge on any atom is -0.495 e. The van der Waals surface area contributed by atoms with Gasteiger partial charge in [0.25, 0.3) is 11.8 Å². The van der Waals surface area contributed by atoms with Crippen molar-refractivity contribution in [1.82, 2.24) is 5.32 Å². The lowest BCUT2D eigenvalue weighted by molar-refractivity contribution is -0.122. The van der Waals surface area contributed by atoms with Gasteiger partial charge in [0.2, 0.25) is 0 Å². The number of anilines is 1. The zero-order chi connectivity index (χ0) is 20.4. The molecule has 0 aromatic heterocycles. The van der Waals surface area contributed by atoms with Crippen molar-refractivity contribution < 1.29 is 28.2 Å². The summed E-state index contributed by atoms with van der Waals surface area (Å²) in [5, 5.41) is 2.31. The third kappa shape index (κ3) is 3.54. The smallest absolute Gasteiger partial charge is 0.336 e. The first-order chi connectivity index (χ1) is 13.3. The van der Waals surface area contributed by atoms with E-state index in [0.717, 1.165) is 4.90 Å². The van der Waals surface area contributed by atoms with Crippen molar-refractivity contribution in [2.75, 3.05) is 19.1 Å². The lowest BCUT2D eigenvalue weighted by Crippen LogP contribution is -2.54. The molecule has 0 atom stereocenters. The van der Waals surface area contributed by atoms with Crippen LogP contribution in [0.15, 0.2) is 42.0 Å². The second-order valence-corrected chi connectivity index (χ2v) is 6.08. The molecule has 0 spiro atoms. The van der Waals surface area contributed by atoms with Crippen molar-refractivity contribution in [3.8, 4) is 11.5 Å². The summed E-state index contributed by atoms with van der Waals surface area (Å²) in [6, 6.07) is 6.96. The minimum atomic E-state index is -0.950. The fourth-order valence-electron chi connectivity index (χ4n) is 2.62. The molecule has 1 heterocycles. The number of amides is 4. The van der Waals surface area contributed by atoms with Crippen LogP contribution in [0.3, 0.4) is 0 Å². The number of urea groups is 1. The van der Waals surface area contributed by atoms with Crippen molar-refractivity contribution >= 4 is 41.2 Å². The molecule has 2 aromatic rings. The number of methoxy groups -OCH3 is 2. The van der Waals surface area contributed by atoms with Gasteiger partial charge in [-0.2, -0.15) is 0 Å². The molecule has 4 amide bonds. The van der Waals surface area contributed by atoms with E-state index in [4.69, 9.17) is 21.1 Å². The minimum absolute atomic E-state index is 0.0451. The van der Waals surface area contributed by atoms with Gasteiger partial charge in [0.05, 0.1) is 24.9 Å². The van der Waals surface area contributed by atoms with E-state index in [1.54, 1.807) is 0 Å². The Kier molecular flexibility index (Phi) is 5.32. The molecule has 0 bridgehead atoms. The van der Waals surface area contributed by atoms with Gasteiger partial charge in [0.1, 0.15) is 22.9 Å². The van der Waals surface area contributed by atoms with Crippen molar-refractivity contribution in [2.24, 2.45) is 0 Å². The number of carbonyl (C=O) groups is 3. The van der Waals surface area contributed by atoms with Gasteiger partial charge in [-0.25, -0.2) is 14.1 Å². The van der Waals surface area contributed by atoms with Gasteiger partial charge in [-0.3, -0.25) is 14.9 Å². The summed E-state index contributed by atoms with van der Waals surface area (Å²) in [5.41, 5.74) is 0.154. The first kappa shape index (κ1) is 19.4. The largest absolute Gasteiger partial charge is 0.495 e. The molecule has 28 heavy (non-hydrogen) atoms. The standard InChI is InChI=1S/C19H14ClFN2O5/c1-27-15-9-14(16(28-2)8-13(15)20)23-18(25)12(17(24)22-19(23)26)7-10-3-5-11(21)6-4-10/h3-9H,1-2H3,(H,22,24,26)/b12-7+. The number of benzene rings is 2. The van der Waals surface area contributed by atoms with Gasteiger partial charge < -0.3 is 9.47 Å². The molecule has 0 aliphatic carbocycles. The normalized spacial score (nSPS) is 15.6. The van der Waals surface area contributed by atoms with Gasteiger partial charge in [0, 0.05) is 12.1 Å². The van der Waals surface area contributed by atoms with Crippen LogP contribution in [-0.2, 0) is 9.59 Å². The number of ether oxygens (including phenoxy) is 2. The number of nitrogens with one attached hydrogen (secondary N) is 1. The average molecular weight is 405 g/mol. The van der Waals surface area contributed by atoms with E-state index < -0.39 is 23.7 Å². The number of barbiturate groups is 1. The molecule has 144 valence electrons. The van der Waals surface area contributed by atoms with Crippen LogP contribution in [0.1, 0.15) is 5.56 Å². The Morgan fingerprint density at radius 1 is 1.04 bits per heavy atom. The summed E-state index contributed by atoms with van der Waals surface area (Å²) in [6.45, 7) is 0. The van der Waals surface area contributed by atoms with E-state index in [1.165, 1.54) is 56.7 Å². The molecule has 0 radical (unpaired) electrons. The fourth-order valence-corrected chi connectivity index (χ4v) is 2.85. The topological polar surface area (TPSA) is 84.9 Å². The molecule has 0 saturated carbocycles. The number of hydrogen-bond acceptors (Lipinski definition) is 5. The predicted octanol–water partition coefficient (Wildman–Crippen LogP) is 3.16. The van der Waals surface area contributed by atoms with E-state index in [9.17, 15) is 18.8 Å². The number of nitrogens with zero attached hydrogens (tertiary/aromatic N) is 1. The van der Waals surface area contributed by atoms with E-state index >= 15 is 0 Å². The maximum Gasteiger partial charge on any atom is 0.336 e. The molecule has 1 saturated heterocycles. The van der Waals surface area contributed by atoms with Gasteiger partial charge in [-0.1, -0.05) is 23.7 Å². The SMILES string of the molecule is COc1cc(N2C(=O)NC(=O)/C(=C\c3ccc(F)cc3)C2=O)c(OC)cc1Cl. The second-order valence-electron chi connectivity index (χ2n) is 5.67. The van der Waals surface area contributed by atoms with Gasteiger partial charge in [-0.15, -0.1) is 0 Å². The Morgan fingerprint density at radius 2 is 1.68 bits per heavy atom. The first-order valence-corrected chi connectivity index (χ1v) is 8.32. The zero-order valence-electron chi connectivity index (χ0n) is 14.8. The molecule has 9 heteroatoms. The van der Waals surface area contributed by atoms with Crippen LogP contribution < -0.4 is 19.7 Å². The monoisotopic (exact) mass is 404 g/mol. The summed E-state index contributed by atoms with van der Waals surface area (Å²) in [4.78, 5) is 38.3. The maximum atomic E-state index is 13.1. The molecular formula is C19H14ClFN2O5. The van der Waals surface area contributed by atoms with Crippen LogP contribution in [0.2, 0.25) is 5.02 Å². The van der Waals surface area contributed by atoms with Gasteiger partial charge in [-0.05, 0) is 23.8 Å². The summed E-state index contributed by atoms with van der Waals surface area (Å²) >= 11 is 6.06. The summed E-state index contributed by atoms with van der Waals surface area (Å²) in [7, 11) is 2.72. The van der Waals surface area contributed by atoms with Crippen LogP contribution >= 0.6 is 11.6 Å². The highest BCUT2D eigenvalue weighted by atomic mass is 35.5. The third-order valence-electron chi connectivity index (χ3n) is 3.98. The molecule has 0 unspecified atom stereocenters. The number of carbonyl (C=O) groups excluding carboxylic acids is 3. The highest BCUT2D eigenvalue weighted by Gasteiger charge is 2.38. The van der Waals surface area contributed by atoms with Crippen molar-refractivity contribution in [1.29, 1.82) is 0 Å². The van der Waals surface area contributed by atoms with E-state index in [2.05, 4.69) is 5.32 Å². The Hall–Kier alpha value is -3.39.